The van der Waals surface area contributed by atoms with Gasteiger partial charge in [-0.2, -0.15) is 0 Å². The second-order valence-corrected chi connectivity index (χ2v) is 5.05. The molecular weight excluding hydrogens is 272 g/mol. The summed E-state index contributed by atoms with van der Waals surface area (Å²) in [4.78, 5) is 0. The second-order valence-electron chi connectivity index (χ2n) is 5.05. The first-order valence-corrected chi connectivity index (χ1v) is 7.22. The van der Waals surface area contributed by atoms with Crippen LogP contribution in [0.5, 0.6) is 11.5 Å². The molecule has 0 saturated heterocycles. The third kappa shape index (κ3) is 2.96. The minimum Gasteiger partial charge on any atom is -0.497 e. The molecule has 3 aromatic carbocycles. The fourth-order valence-corrected chi connectivity index (χ4v) is 2.43. The molecule has 3 aromatic rings. The van der Waals surface area contributed by atoms with Gasteiger partial charge >= 0.3 is 0 Å². The fourth-order valence-electron chi connectivity index (χ4n) is 2.43. The van der Waals surface area contributed by atoms with Gasteiger partial charge < -0.3 is 9.47 Å². The van der Waals surface area contributed by atoms with Gasteiger partial charge in [0.2, 0.25) is 0 Å². The first-order valence-electron chi connectivity index (χ1n) is 7.22. The summed E-state index contributed by atoms with van der Waals surface area (Å²) in [5.41, 5.74) is 2.37. The zero-order valence-corrected chi connectivity index (χ0v) is 12.6. The third-order valence-electron chi connectivity index (χ3n) is 3.60. The molecule has 0 aliphatic carbocycles. The normalized spacial score (nSPS) is 10.4. The minimum absolute atomic E-state index is 0.523. The molecule has 0 bridgehead atoms. The highest BCUT2D eigenvalue weighted by atomic mass is 16.5. The van der Waals surface area contributed by atoms with E-state index >= 15 is 0 Å². The Kier molecular flexibility index (Phi) is 4.10. The van der Waals surface area contributed by atoms with Gasteiger partial charge in [0.25, 0.3) is 0 Å². The standard InChI is InChI=1S/C20H18O2/c1-3-12-22-20-11-8-17-13-16(4-5-18(17)14-20)15-6-9-19(21-2)10-7-15/h3-11,13-14H,1,12H2,2H3. The van der Waals surface area contributed by atoms with Crippen molar-refractivity contribution >= 4 is 10.8 Å². The van der Waals surface area contributed by atoms with Gasteiger partial charge in [0.05, 0.1) is 7.11 Å². The van der Waals surface area contributed by atoms with Crippen LogP contribution < -0.4 is 9.47 Å². The smallest absolute Gasteiger partial charge is 0.120 e. The monoisotopic (exact) mass is 290 g/mol. The van der Waals surface area contributed by atoms with Gasteiger partial charge in [-0.15, -0.1) is 0 Å². The molecular formula is C20H18O2. The van der Waals surface area contributed by atoms with Gasteiger partial charge in [0.1, 0.15) is 18.1 Å². The maximum absolute atomic E-state index is 5.57. The Morgan fingerprint density at radius 2 is 1.45 bits per heavy atom. The molecule has 0 atom stereocenters. The number of hydrogen-bond donors (Lipinski definition) is 0. The molecule has 0 aliphatic rings. The lowest BCUT2D eigenvalue weighted by Crippen LogP contribution is -1.92. The predicted octanol–water partition coefficient (Wildman–Crippen LogP) is 5.08. The van der Waals surface area contributed by atoms with Crippen LogP contribution in [0.2, 0.25) is 0 Å². The van der Waals surface area contributed by atoms with E-state index in [0.29, 0.717) is 6.61 Å². The van der Waals surface area contributed by atoms with Crippen LogP contribution in [0.1, 0.15) is 0 Å². The van der Waals surface area contributed by atoms with E-state index in [1.807, 2.05) is 18.2 Å². The summed E-state index contributed by atoms with van der Waals surface area (Å²) in [6.07, 6.45) is 1.75. The van der Waals surface area contributed by atoms with Crippen molar-refractivity contribution in [2.45, 2.75) is 0 Å². The molecule has 0 heterocycles. The van der Waals surface area contributed by atoms with E-state index in [-0.39, 0.29) is 0 Å². The quantitative estimate of drug-likeness (QED) is 0.610. The topological polar surface area (TPSA) is 18.5 Å². The number of methoxy groups -OCH3 is 1. The Bertz CT molecular complexity index is 788. The largest absolute Gasteiger partial charge is 0.497 e. The highest BCUT2D eigenvalue weighted by Gasteiger charge is 2.02. The van der Waals surface area contributed by atoms with Crippen molar-refractivity contribution in [1.82, 2.24) is 0 Å². The lowest BCUT2D eigenvalue weighted by atomic mass is 10.0. The van der Waals surface area contributed by atoms with Gasteiger partial charge in [0, 0.05) is 0 Å². The molecule has 0 amide bonds. The van der Waals surface area contributed by atoms with Crippen molar-refractivity contribution < 1.29 is 9.47 Å². The molecule has 0 fully saturated rings. The van der Waals surface area contributed by atoms with E-state index < -0.39 is 0 Å². The maximum Gasteiger partial charge on any atom is 0.120 e. The molecule has 110 valence electrons. The molecule has 22 heavy (non-hydrogen) atoms. The summed E-state index contributed by atoms with van der Waals surface area (Å²) in [5, 5.41) is 2.36. The lowest BCUT2D eigenvalue weighted by molar-refractivity contribution is 0.364. The first-order chi connectivity index (χ1) is 10.8. The number of hydrogen-bond acceptors (Lipinski definition) is 2. The van der Waals surface area contributed by atoms with E-state index in [1.54, 1.807) is 13.2 Å². The van der Waals surface area contributed by atoms with E-state index in [0.717, 1.165) is 11.5 Å². The fraction of sp³-hybridized carbons (Fsp3) is 0.100. The Hall–Kier alpha value is -2.74. The molecule has 0 aromatic heterocycles. The van der Waals surface area contributed by atoms with E-state index in [9.17, 15) is 0 Å². The van der Waals surface area contributed by atoms with Crippen molar-refractivity contribution in [1.29, 1.82) is 0 Å². The van der Waals surface area contributed by atoms with Gasteiger partial charge in [-0.3, -0.25) is 0 Å². The summed E-state index contributed by atoms with van der Waals surface area (Å²) in [7, 11) is 1.68. The summed E-state index contributed by atoms with van der Waals surface area (Å²) >= 11 is 0. The molecule has 0 spiro atoms. The predicted molar refractivity (Wildman–Crippen MR) is 91.6 cm³/mol. The van der Waals surface area contributed by atoms with Crippen LogP contribution >= 0.6 is 0 Å². The average Bonchev–Trinajstić information content (AvgIpc) is 2.59. The molecule has 3 rings (SSSR count). The Morgan fingerprint density at radius 3 is 2.18 bits per heavy atom. The summed E-state index contributed by atoms with van der Waals surface area (Å²) < 4.78 is 10.8. The number of fused-ring (bicyclic) bond motifs is 1. The van der Waals surface area contributed by atoms with E-state index in [4.69, 9.17) is 9.47 Å². The number of benzene rings is 3. The molecule has 2 nitrogen and oxygen atoms in total. The Labute approximate surface area is 130 Å². The highest BCUT2D eigenvalue weighted by Crippen LogP contribution is 2.28. The number of ether oxygens (including phenoxy) is 2. The SMILES string of the molecule is C=CCOc1ccc2cc(-c3ccc(OC)cc3)ccc2c1. The molecule has 0 saturated carbocycles. The van der Waals surface area contributed by atoms with Gasteiger partial charge in [0.15, 0.2) is 0 Å². The molecule has 0 radical (unpaired) electrons. The van der Waals surface area contributed by atoms with Gasteiger partial charge in [-0.1, -0.05) is 43.0 Å². The maximum atomic E-state index is 5.57. The van der Waals surface area contributed by atoms with Crippen LogP contribution in [-0.2, 0) is 0 Å². The van der Waals surface area contributed by atoms with Crippen LogP contribution in [0.15, 0.2) is 73.3 Å². The van der Waals surface area contributed by atoms with E-state index in [2.05, 4.69) is 49.0 Å². The van der Waals surface area contributed by atoms with Crippen LogP contribution in [0.25, 0.3) is 21.9 Å². The highest BCUT2D eigenvalue weighted by molar-refractivity contribution is 5.88. The van der Waals surface area contributed by atoms with Crippen LogP contribution in [0.3, 0.4) is 0 Å². The minimum atomic E-state index is 0.523. The summed E-state index contributed by atoms with van der Waals surface area (Å²) in [6, 6.07) is 20.7. The van der Waals surface area contributed by atoms with Crippen LogP contribution in [0.4, 0.5) is 0 Å². The van der Waals surface area contributed by atoms with Crippen molar-refractivity contribution in [3.63, 3.8) is 0 Å². The van der Waals surface area contributed by atoms with Gasteiger partial charge in [-0.05, 0) is 52.2 Å². The van der Waals surface area contributed by atoms with Crippen molar-refractivity contribution in [3.8, 4) is 22.6 Å². The summed E-state index contributed by atoms with van der Waals surface area (Å²) in [5.74, 6) is 1.73. The molecule has 0 N–H and O–H groups in total. The number of rotatable bonds is 5. The van der Waals surface area contributed by atoms with E-state index in [1.165, 1.54) is 21.9 Å². The first kappa shape index (κ1) is 14.2. The van der Waals surface area contributed by atoms with Crippen molar-refractivity contribution in [2.75, 3.05) is 13.7 Å². The Balaban J connectivity index is 1.93. The average molecular weight is 290 g/mol. The van der Waals surface area contributed by atoms with Crippen LogP contribution in [0, 0.1) is 0 Å². The summed E-state index contributed by atoms with van der Waals surface area (Å²) in [6.45, 7) is 4.18. The van der Waals surface area contributed by atoms with Crippen molar-refractivity contribution in [3.05, 3.63) is 73.3 Å². The van der Waals surface area contributed by atoms with Crippen LogP contribution in [-0.4, -0.2) is 13.7 Å². The van der Waals surface area contributed by atoms with Crippen molar-refractivity contribution in [2.24, 2.45) is 0 Å². The zero-order chi connectivity index (χ0) is 15.4. The second kappa shape index (κ2) is 6.35. The third-order valence-corrected chi connectivity index (χ3v) is 3.60. The Morgan fingerprint density at radius 1 is 0.818 bits per heavy atom. The lowest BCUT2D eigenvalue weighted by Gasteiger charge is -2.08. The zero-order valence-electron chi connectivity index (χ0n) is 12.6. The molecule has 2 heteroatoms. The van der Waals surface area contributed by atoms with Gasteiger partial charge in [-0.25, -0.2) is 0 Å². The molecule has 0 unspecified atom stereocenters. The molecule has 0 aliphatic heterocycles.